The van der Waals surface area contributed by atoms with Crippen molar-refractivity contribution in [1.29, 1.82) is 0 Å². The topological polar surface area (TPSA) is 29.1 Å². The van der Waals surface area contributed by atoms with Crippen LogP contribution >= 0.6 is 43.2 Å². The van der Waals surface area contributed by atoms with Crippen LogP contribution in [0.4, 0.5) is 18.9 Å². The lowest BCUT2D eigenvalue weighted by molar-refractivity contribution is -0.138. The van der Waals surface area contributed by atoms with E-state index < -0.39 is 18.0 Å². The summed E-state index contributed by atoms with van der Waals surface area (Å²) in [6.45, 7) is 0. The van der Waals surface area contributed by atoms with Crippen molar-refractivity contribution in [2.45, 2.75) is 12.1 Å². The first-order valence-corrected chi connectivity index (χ1v) is 8.86. The Balaban J connectivity index is 2.14. The Morgan fingerprint density at radius 2 is 2.00 bits per heavy atom. The van der Waals surface area contributed by atoms with Gasteiger partial charge in [-0.25, -0.2) is 0 Å². The molecule has 2 nitrogen and oxygen atoms in total. The number of alkyl halides is 3. The van der Waals surface area contributed by atoms with Crippen LogP contribution in [0, 0.1) is 0 Å². The van der Waals surface area contributed by atoms with E-state index in [0.29, 0.717) is 20.2 Å². The van der Waals surface area contributed by atoms with E-state index in [2.05, 4.69) is 37.2 Å². The fraction of sp³-hybridized carbons (Fsp3) is 0.133. The van der Waals surface area contributed by atoms with Crippen LogP contribution in [0.2, 0.25) is 0 Å². The predicted molar refractivity (Wildman–Crippen MR) is 91.6 cm³/mol. The summed E-state index contributed by atoms with van der Waals surface area (Å²) in [6.07, 6.45) is -3.48. The molecular formula is C15H8Br2F3NOS. The summed E-state index contributed by atoms with van der Waals surface area (Å²) in [5.74, 6) is -2.35. The molecule has 1 unspecified atom stereocenters. The smallest absolute Gasteiger partial charge is 0.320 e. The lowest BCUT2D eigenvalue weighted by atomic mass is 9.99. The van der Waals surface area contributed by atoms with Gasteiger partial charge in [0.2, 0.25) is 0 Å². The molecule has 8 heteroatoms. The van der Waals surface area contributed by atoms with Gasteiger partial charge in [-0.1, -0.05) is 28.1 Å². The molecule has 3 rings (SSSR count). The van der Waals surface area contributed by atoms with Crippen molar-refractivity contribution in [3.8, 4) is 0 Å². The number of rotatable bonds is 2. The Kier molecular flexibility index (Phi) is 4.41. The molecule has 1 N–H and O–H groups in total. The third-order valence-electron chi connectivity index (χ3n) is 3.36. The van der Waals surface area contributed by atoms with Crippen molar-refractivity contribution in [1.82, 2.24) is 0 Å². The zero-order valence-corrected chi connectivity index (χ0v) is 15.2. The molecule has 0 bridgehead atoms. The highest BCUT2D eigenvalue weighted by Crippen LogP contribution is 2.44. The minimum atomic E-state index is -4.47. The summed E-state index contributed by atoms with van der Waals surface area (Å²) in [7, 11) is 0. The third kappa shape index (κ3) is 3.25. The maximum atomic E-state index is 13.4. The highest BCUT2D eigenvalue weighted by atomic mass is 79.9. The lowest BCUT2D eigenvalue weighted by Crippen LogP contribution is -2.19. The molecule has 1 aromatic heterocycles. The van der Waals surface area contributed by atoms with Crippen molar-refractivity contribution in [2.24, 2.45) is 0 Å². The number of halogens is 5. The molecule has 2 heterocycles. The minimum Gasteiger partial charge on any atom is -0.320 e. The van der Waals surface area contributed by atoms with Gasteiger partial charge in [-0.2, -0.15) is 13.2 Å². The zero-order chi connectivity index (χ0) is 16.8. The summed E-state index contributed by atoms with van der Waals surface area (Å²) in [5.41, 5.74) is 0.955. The number of carbonyl (C=O) groups is 1. The summed E-state index contributed by atoms with van der Waals surface area (Å²) in [4.78, 5) is 12.3. The van der Waals surface area contributed by atoms with E-state index in [1.165, 1.54) is 6.07 Å². The number of fused-ring (bicyclic) bond motifs is 1. The fourth-order valence-corrected chi connectivity index (χ4v) is 4.50. The number of hydrogen-bond acceptors (Lipinski definition) is 2. The molecule has 23 heavy (non-hydrogen) atoms. The van der Waals surface area contributed by atoms with Gasteiger partial charge in [-0.3, -0.25) is 4.79 Å². The Hall–Kier alpha value is -1.12. The van der Waals surface area contributed by atoms with Gasteiger partial charge in [0.1, 0.15) is 5.92 Å². The van der Waals surface area contributed by atoms with Gasteiger partial charge < -0.3 is 5.32 Å². The SMILES string of the molecule is O=C1Nc2c(Br)cc(Br)cc2C1=CC(c1cccs1)C(F)(F)F. The highest BCUT2D eigenvalue weighted by molar-refractivity contribution is 9.11. The summed E-state index contributed by atoms with van der Waals surface area (Å²) in [5, 5.41) is 4.19. The Bertz CT molecular complexity index is 800. The Morgan fingerprint density at radius 1 is 1.26 bits per heavy atom. The van der Waals surface area contributed by atoms with E-state index in [4.69, 9.17) is 0 Å². The average molecular weight is 467 g/mol. The molecule has 0 fully saturated rings. The van der Waals surface area contributed by atoms with Crippen LogP contribution in [0.15, 0.2) is 44.7 Å². The van der Waals surface area contributed by atoms with Gasteiger partial charge in [0.25, 0.3) is 5.91 Å². The van der Waals surface area contributed by atoms with Crippen LogP contribution in [-0.4, -0.2) is 12.1 Å². The van der Waals surface area contributed by atoms with E-state index >= 15 is 0 Å². The second-order valence-corrected chi connectivity index (χ2v) is 7.63. The number of anilines is 1. The van der Waals surface area contributed by atoms with Gasteiger partial charge >= 0.3 is 6.18 Å². The van der Waals surface area contributed by atoms with Gasteiger partial charge in [-0.15, -0.1) is 11.3 Å². The van der Waals surface area contributed by atoms with Gasteiger partial charge in [0.05, 0.1) is 5.69 Å². The molecule has 1 amide bonds. The Morgan fingerprint density at radius 3 is 2.61 bits per heavy atom. The van der Waals surface area contributed by atoms with Crippen molar-refractivity contribution in [3.05, 3.63) is 55.1 Å². The fourth-order valence-electron chi connectivity index (χ4n) is 2.35. The molecular weight excluding hydrogens is 459 g/mol. The average Bonchev–Trinajstić information content (AvgIpc) is 3.03. The molecule has 0 saturated carbocycles. The maximum Gasteiger partial charge on any atom is 0.399 e. The number of nitrogens with one attached hydrogen (secondary N) is 1. The molecule has 120 valence electrons. The van der Waals surface area contributed by atoms with Crippen molar-refractivity contribution in [3.63, 3.8) is 0 Å². The summed E-state index contributed by atoms with van der Waals surface area (Å²) < 4.78 is 41.5. The summed E-state index contributed by atoms with van der Waals surface area (Å²) in [6, 6.07) is 6.34. The first-order valence-electron chi connectivity index (χ1n) is 6.40. The number of benzene rings is 1. The molecule has 1 atom stereocenters. The zero-order valence-electron chi connectivity index (χ0n) is 11.2. The monoisotopic (exact) mass is 465 g/mol. The van der Waals surface area contributed by atoms with Gasteiger partial charge in [0.15, 0.2) is 0 Å². The van der Waals surface area contributed by atoms with Crippen LogP contribution in [0.5, 0.6) is 0 Å². The van der Waals surface area contributed by atoms with E-state index in [0.717, 1.165) is 17.4 Å². The quantitative estimate of drug-likeness (QED) is 0.544. The third-order valence-corrected chi connectivity index (χ3v) is 5.40. The normalized spacial score (nSPS) is 17.3. The van der Waals surface area contributed by atoms with Crippen molar-refractivity contribution < 1.29 is 18.0 Å². The number of amides is 1. The van der Waals surface area contributed by atoms with Crippen LogP contribution < -0.4 is 5.32 Å². The van der Waals surface area contributed by atoms with E-state index in [-0.39, 0.29) is 10.5 Å². The first kappa shape index (κ1) is 16.7. The Labute approximate surface area is 150 Å². The van der Waals surface area contributed by atoms with Crippen molar-refractivity contribution in [2.75, 3.05) is 5.32 Å². The first-order chi connectivity index (χ1) is 10.8. The number of carbonyl (C=O) groups excluding carboxylic acids is 1. The van der Waals surface area contributed by atoms with Gasteiger partial charge in [-0.05, 0) is 39.5 Å². The molecule has 0 radical (unpaired) electrons. The lowest BCUT2D eigenvalue weighted by Gasteiger charge is -2.16. The van der Waals surface area contributed by atoms with E-state index in [1.54, 1.807) is 23.6 Å². The van der Waals surface area contributed by atoms with Crippen molar-refractivity contribution >= 4 is 60.4 Å². The summed E-state index contributed by atoms with van der Waals surface area (Å²) >= 11 is 7.61. The molecule has 1 aliphatic heterocycles. The molecule has 1 aliphatic rings. The standard InChI is InChI=1S/C15H8Br2F3NOS/c16-7-4-8-9(14(22)21-13(8)11(17)5-7)6-10(15(18,19)20)12-2-1-3-23-12/h1-6,10H,(H,21,22). The molecule has 0 spiro atoms. The van der Waals surface area contributed by atoms with Gasteiger partial charge in [0, 0.05) is 25.0 Å². The number of hydrogen-bond donors (Lipinski definition) is 1. The van der Waals surface area contributed by atoms with Crippen LogP contribution in [0.25, 0.3) is 5.57 Å². The largest absolute Gasteiger partial charge is 0.399 e. The second kappa shape index (κ2) is 6.07. The van der Waals surface area contributed by atoms with E-state index in [1.807, 2.05) is 0 Å². The second-order valence-electron chi connectivity index (χ2n) is 4.88. The predicted octanol–water partition coefficient (Wildman–Crippen LogP) is 5.95. The molecule has 1 aromatic carbocycles. The minimum absolute atomic E-state index is 0.0257. The van der Waals surface area contributed by atoms with E-state index in [9.17, 15) is 18.0 Å². The molecule has 0 saturated heterocycles. The highest BCUT2D eigenvalue weighted by Gasteiger charge is 2.41. The molecule has 2 aromatic rings. The van der Waals surface area contributed by atoms with Crippen LogP contribution in [0.3, 0.4) is 0 Å². The number of allylic oxidation sites excluding steroid dienone is 1. The number of thiophene rings is 1. The molecule has 0 aliphatic carbocycles. The van der Waals surface area contributed by atoms with Crippen LogP contribution in [-0.2, 0) is 4.79 Å². The van der Waals surface area contributed by atoms with Crippen LogP contribution in [0.1, 0.15) is 16.4 Å². The maximum absolute atomic E-state index is 13.4.